The van der Waals surface area contributed by atoms with Crippen molar-refractivity contribution in [2.24, 2.45) is 5.10 Å². The minimum Gasteiger partial charge on any atom is -0.451 e. The van der Waals surface area contributed by atoms with Gasteiger partial charge in [0, 0.05) is 18.5 Å². The molecule has 0 atom stereocenters. The second-order valence-electron chi connectivity index (χ2n) is 7.76. The number of aryl methyl sites for hydroxylation is 3. The van der Waals surface area contributed by atoms with E-state index in [0.717, 1.165) is 21.7 Å². The number of carbonyl (C=O) groups is 4. The highest BCUT2D eigenvalue weighted by Gasteiger charge is 2.26. The van der Waals surface area contributed by atoms with Crippen molar-refractivity contribution < 1.29 is 23.9 Å². The lowest BCUT2D eigenvalue weighted by Crippen LogP contribution is -2.38. The Morgan fingerprint density at radius 2 is 1.67 bits per heavy atom. The lowest BCUT2D eigenvalue weighted by Gasteiger charge is -2.22. The minimum absolute atomic E-state index is 0.0503. The number of rotatable bonds is 7. The first-order valence-electron chi connectivity index (χ1n) is 10.5. The summed E-state index contributed by atoms with van der Waals surface area (Å²) < 4.78 is 5.01. The summed E-state index contributed by atoms with van der Waals surface area (Å²) in [5.41, 5.74) is 4.25. The molecule has 33 heavy (non-hydrogen) atoms. The van der Waals surface area contributed by atoms with Crippen molar-refractivity contribution in [1.29, 1.82) is 0 Å². The molecule has 172 valence electrons. The highest BCUT2D eigenvalue weighted by molar-refractivity contribution is 6.38. The lowest BCUT2D eigenvalue weighted by molar-refractivity contribution is -0.142. The number of para-hydroxylation sites is 1. The number of hydrogen-bond acceptors (Lipinski definition) is 6. The zero-order valence-electron chi connectivity index (χ0n) is 18.8. The third-order valence-electron chi connectivity index (χ3n) is 4.99. The second kappa shape index (κ2) is 10.5. The zero-order chi connectivity index (χ0) is 24.0. The monoisotopic (exact) mass is 450 g/mol. The molecule has 0 saturated heterocycles. The van der Waals surface area contributed by atoms with Gasteiger partial charge in [0.2, 0.25) is 11.8 Å². The lowest BCUT2D eigenvalue weighted by atomic mass is 10.1. The van der Waals surface area contributed by atoms with Gasteiger partial charge >= 0.3 is 5.97 Å². The normalized spacial score (nSPS) is 13.2. The average molecular weight is 450 g/mol. The Kier molecular flexibility index (Phi) is 7.55. The molecular formula is C24H26N4O5. The molecule has 9 heteroatoms. The maximum absolute atomic E-state index is 12.3. The largest absolute Gasteiger partial charge is 0.451 e. The zero-order valence-corrected chi connectivity index (χ0v) is 18.8. The van der Waals surface area contributed by atoms with E-state index in [1.165, 1.54) is 0 Å². The Balaban J connectivity index is 1.49. The van der Waals surface area contributed by atoms with Gasteiger partial charge < -0.3 is 15.4 Å². The highest BCUT2D eigenvalue weighted by Crippen LogP contribution is 2.22. The van der Waals surface area contributed by atoms with Crippen molar-refractivity contribution >= 4 is 40.8 Å². The molecule has 0 fully saturated rings. The maximum atomic E-state index is 12.3. The molecule has 1 aliphatic heterocycles. The SMILES string of the molecule is Cc1cc(C)c(NC(=O)CNC(=O)COC(=O)C2=NN(c3ccccc3)C(=O)CC2)c(C)c1. The van der Waals surface area contributed by atoms with Crippen molar-refractivity contribution in [3.05, 3.63) is 59.2 Å². The van der Waals surface area contributed by atoms with Gasteiger partial charge in [-0.25, -0.2) is 9.80 Å². The van der Waals surface area contributed by atoms with Crippen LogP contribution >= 0.6 is 0 Å². The molecule has 0 unspecified atom stereocenters. The summed E-state index contributed by atoms with van der Waals surface area (Å²) >= 11 is 0. The van der Waals surface area contributed by atoms with Crippen LogP contribution in [0.4, 0.5) is 11.4 Å². The third-order valence-corrected chi connectivity index (χ3v) is 4.99. The van der Waals surface area contributed by atoms with E-state index in [-0.39, 0.29) is 31.0 Å². The number of benzene rings is 2. The Morgan fingerprint density at radius 3 is 2.33 bits per heavy atom. The number of amides is 3. The highest BCUT2D eigenvalue weighted by atomic mass is 16.5. The number of carbonyl (C=O) groups excluding carboxylic acids is 4. The molecule has 0 radical (unpaired) electrons. The van der Waals surface area contributed by atoms with Crippen LogP contribution in [0.25, 0.3) is 0 Å². The van der Waals surface area contributed by atoms with E-state index < -0.39 is 24.4 Å². The van der Waals surface area contributed by atoms with Gasteiger partial charge in [-0.3, -0.25) is 14.4 Å². The number of anilines is 2. The molecule has 0 aliphatic carbocycles. The summed E-state index contributed by atoms with van der Waals surface area (Å²) in [4.78, 5) is 48.7. The fourth-order valence-electron chi connectivity index (χ4n) is 3.48. The van der Waals surface area contributed by atoms with Gasteiger partial charge in [-0.05, 0) is 44.0 Å². The van der Waals surface area contributed by atoms with Gasteiger partial charge in [0.15, 0.2) is 6.61 Å². The molecule has 1 heterocycles. The van der Waals surface area contributed by atoms with Crippen molar-refractivity contribution in [1.82, 2.24) is 5.32 Å². The molecular weight excluding hydrogens is 424 g/mol. The molecule has 0 aromatic heterocycles. The first-order valence-corrected chi connectivity index (χ1v) is 10.5. The maximum Gasteiger partial charge on any atom is 0.355 e. The molecule has 1 aliphatic rings. The molecule has 3 amide bonds. The number of hydrogen-bond donors (Lipinski definition) is 2. The molecule has 2 aromatic carbocycles. The third kappa shape index (κ3) is 6.25. The predicted octanol–water partition coefficient (Wildman–Crippen LogP) is 2.39. The first-order chi connectivity index (χ1) is 15.7. The molecule has 3 rings (SSSR count). The molecule has 2 aromatic rings. The topological polar surface area (TPSA) is 117 Å². The van der Waals surface area contributed by atoms with Crippen LogP contribution in [0, 0.1) is 20.8 Å². The summed E-state index contributed by atoms with van der Waals surface area (Å²) in [5, 5.41) is 10.4. The van der Waals surface area contributed by atoms with Crippen LogP contribution in [-0.4, -0.2) is 42.6 Å². The van der Waals surface area contributed by atoms with E-state index in [2.05, 4.69) is 15.7 Å². The van der Waals surface area contributed by atoms with Crippen LogP contribution in [0.5, 0.6) is 0 Å². The molecule has 2 N–H and O–H groups in total. The summed E-state index contributed by atoms with van der Waals surface area (Å²) in [6, 6.07) is 12.6. The Hall–Kier alpha value is -4.01. The van der Waals surface area contributed by atoms with Gasteiger partial charge in [-0.15, -0.1) is 0 Å². The Labute approximate surface area is 191 Å². The van der Waals surface area contributed by atoms with Gasteiger partial charge in [-0.1, -0.05) is 35.9 Å². The van der Waals surface area contributed by atoms with E-state index >= 15 is 0 Å². The smallest absolute Gasteiger partial charge is 0.355 e. The van der Waals surface area contributed by atoms with Crippen LogP contribution in [-0.2, 0) is 23.9 Å². The first kappa shape index (κ1) is 23.6. The Morgan fingerprint density at radius 1 is 1.00 bits per heavy atom. The van der Waals surface area contributed by atoms with Crippen LogP contribution in [0.3, 0.4) is 0 Å². The van der Waals surface area contributed by atoms with Gasteiger partial charge in [0.25, 0.3) is 5.91 Å². The van der Waals surface area contributed by atoms with Crippen molar-refractivity contribution in [2.45, 2.75) is 33.6 Å². The van der Waals surface area contributed by atoms with E-state index in [4.69, 9.17) is 4.74 Å². The second-order valence-corrected chi connectivity index (χ2v) is 7.76. The summed E-state index contributed by atoms with van der Waals surface area (Å²) in [7, 11) is 0. The van der Waals surface area contributed by atoms with Gasteiger partial charge in [0.1, 0.15) is 5.71 Å². The number of esters is 1. The van der Waals surface area contributed by atoms with Gasteiger partial charge in [0.05, 0.1) is 12.2 Å². The van der Waals surface area contributed by atoms with Crippen LogP contribution < -0.4 is 15.6 Å². The average Bonchev–Trinajstić information content (AvgIpc) is 2.79. The van der Waals surface area contributed by atoms with E-state index in [9.17, 15) is 19.2 Å². The molecule has 9 nitrogen and oxygen atoms in total. The number of hydrazone groups is 1. The van der Waals surface area contributed by atoms with E-state index in [1.807, 2.05) is 32.9 Å². The fraction of sp³-hybridized carbons (Fsp3) is 0.292. The summed E-state index contributed by atoms with van der Waals surface area (Å²) in [5.74, 6) is -2.03. The summed E-state index contributed by atoms with van der Waals surface area (Å²) in [6.45, 7) is 4.94. The quantitative estimate of drug-likeness (QED) is 0.628. The van der Waals surface area contributed by atoms with E-state index in [1.54, 1.807) is 30.3 Å². The van der Waals surface area contributed by atoms with Crippen LogP contribution in [0.2, 0.25) is 0 Å². The molecule has 0 spiro atoms. The van der Waals surface area contributed by atoms with E-state index in [0.29, 0.717) is 11.4 Å². The minimum atomic E-state index is -0.783. The standard InChI is InChI=1S/C24H26N4O5/c1-15-11-16(2)23(17(3)12-15)26-20(29)13-25-21(30)14-33-24(32)19-9-10-22(31)28(27-19)18-7-5-4-6-8-18/h4-8,11-12H,9-10,13-14H2,1-3H3,(H,25,30)(H,26,29). The molecule has 0 saturated carbocycles. The number of nitrogens with zero attached hydrogens (tertiary/aromatic N) is 2. The van der Waals surface area contributed by atoms with Crippen molar-refractivity contribution in [2.75, 3.05) is 23.5 Å². The van der Waals surface area contributed by atoms with Crippen LogP contribution in [0.15, 0.2) is 47.6 Å². The molecule has 0 bridgehead atoms. The number of ether oxygens (including phenoxy) is 1. The van der Waals surface area contributed by atoms with Crippen LogP contribution in [0.1, 0.15) is 29.5 Å². The Bertz CT molecular complexity index is 1090. The van der Waals surface area contributed by atoms with Crippen molar-refractivity contribution in [3.8, 4) is 0 Å². The number of nitrogens with one attached hydrogen (secondary N) is 2. The summed E-state index contributed by atoms with van der Waals surface area (Å²) in [6.07, 6.45) is 0.229. The van der Waals surface area contributed by atoms with Crippen molar-refractivity contribution in [3.63, 3.8) is 0 Å². The van der Waals surface area contributed by atoms with Gasteiger partial charge in [-0.2, -0.15) is 5.10 Å². The fourth-order valence-corrected chi connectivity index (χ4v) is 3.48. The predicted molar refractivity (Wildman–Crippen MR) is 124 cm³/mol.